The number of fused-ring (bicyclic) bond motifs is 2. The summed E-state index contributed by atoms with van der Waals surface area (Å²) in [5.41, 5.74) is 1.73. The van der Waals surface area contributed by atoms with E-state index in [9.17, 15) is 27.1 Å². The minimum atomic E-state index is -4.10. The van der Waals surface area contributed by atoms with E-state index in [0.717, 1.165) is 15.6 Å². The van der Waals surface area contributed by atoms with Crippen molar-refractivity contribution in [2.45, 2.75) is 16.2 Å². The normalized spacial score (nSPS) is 18.9. The third kappa shape index (κ3) is 7.13. The van der Waals surface area contributed by atoms with Crippen molar-refractivity contribution in [1.82, 2.24) is 0 Å². The summed E-state index contributed by atoms with van der Waals surface area (Å²) in [6.07, 6.45) is 6.54. The van der Waals surface area contributed by atoms with E-state index >= 15 is 0 Å². The quantitative estimate of drug-likeness (QED) is 0.108. The molecule has 0 radical (unpaired) electrons. The fourth-order valence-electron chi connectivity index (χ4n) is 3.87. The molecule has 1 amide bonds. The van der Waals surface area contributed by atoms with E-state index in [4.69, 9.17) is 4.55 Å². The van der Waals surface area contributed by atoms with Crippen molar-refractivity contribution in [2.75, 3.05) is 26.9 Å². The van der Waals surface area contributed by atoms with Crippen molar-refractivity contribution in [3.8, 4) is 0 Å². The second kappa shape index (κ2) is 13.0. The van der Waals surface area contributed by atoms with E-state index in [2.05, 4.69) is 5.32 Å². The molecule has 4 N–H and O–H groups in total. The SMILES string of the molecule is O=C(CI)Nc1ccc2c(c1)SC(=CC=CC=C1C(=O)c3ccccc3S1(O)O)N2CCCS(=O)(=O)O.[H-].[Na+]. The summed E-state index contributed by atoms with van der Waals surface area (Å²) in [5, 5.41) is 3.56. The van der Waals surface area contributed by atoms with Crippen LogP contribution in [0, 0.1) is 0 Å². The van der Waals surface area contributed by atoms with Gasteiger partial charge in [-0.25, -0.2) is 0 Å². The van der Waals surface area contributed by atoms with Gasteiger partial charge in [0.05, 0.1) is 25.8 Å². The molecule has 4 rings (SSSR count). The third-order valence-electron chi connectivity index (χ3n) is 5.49. The Balaban J connectivity index is 0.00000267. The molecule has 2 aromatic carbocycles. The average Bonchev–Trinajstić information content (AvgIpc) is 3.27. The minimum absolute atomic E-state index is 0. The van der Waals surface area contributed by atoms with E-state index in [0.29, 0.717) is 16.7 Å². The zero-order valence-electron chi connectivity index (χ0n) is 21.2. The molecule has 0 aliphatic carbocycles. The van der Waals surface area contributed by atoms with Gasteiger partial charge >= 0.3 is 29.6 Å². The number of carbonyl (C=O) groups excluding carboxylic acids is 2. The van der Waals surface area contributed by atoms with E-state index in [1.165, 1.54) is 23.9 Å². The van der Waals surface area contributed by atoms with Crippen LogP contribution in [0.2, 0.25) is 0 Å². The zero-order chi connectivity index (χ0) is 26.8. The number of nitrogens with zero attached hydrogens (tertiary/aromatic N) is 1. The number of anilines is 2. The van der Waals surface area contributed by atoms with Crippen molar-refractivity contribution in [3.63, 3.8) is 0 Å². The number of carbonyl (C=O) groups is 2. The van der Waals surface area contributed by atoms with Gasteiger partial charge in [-0.05, 0) is 48.9 Å². The van der Waals surface area contributed by atoms with Crippen molar-refractivity contribution < 1.29 is 62.6 Å². The number of allylic oxidation sites excluding steroid dienone is 5. The van der Waals surface area contributed by atoms with E-state index < -0.39 is 26.5 Å². The van der Waals surface area contributed by atoms with Crippen LogP contribution in [0.3, 0.4) is 0 Å². The van der Waals surface area contributed by atoms with Gasteiger partial charge in [0.25, 0.3) is 10.1 Å². The number of Topliss-reactive ketones (excluding diaryl/α,β-unsaturated/α-hetero) is 1. The molecular formula is C24H24IN2NaO7S3. The maximum atomic E-state index is 12.7. The molecule has 0 saturated heterocycles. The smallest absolute Gasteiger partial charge is 1.00 e. The van der Waals surface area contributed by atoms with Gasteiger partial charge in [0.15, 0.2) is 0 Å². The monoisotopic (exact) mass is 698 g/mol. The number of hydrogen-bond donors (Lipinski definition) is 4. The van der Waals surface area contributed by atoms with E-state index in [-0.39, 0.29) is 64.4 Å². The Morgan fingerprint density at radius 1 is 1.16 bits per heavy atom. The van der Waals surface area contributed by atoms with Gasteiger partial charge in [-0.2, -0.15) is 8.42 Å². The average molecular weight is 699 g/mol. The first-order chi connectivity index (χ1) is 17.5. The summed E-state index contributed by atoms with van der Waals surface area (Å²) in [6, 6.07) is 11.8. The molecule has 0 unspecified atom stereocenters. The number of alkyl halides is 1. The fourth-order valence-corrected chi connectivity index (χ4v) is 7.31. The van der Waals surface area contributed by atoms with E-state index in [1.54, 1.807) is 42.5 Å². The number of benzene rings is 2. The van der Waals surface area contributed by atoms with Gasteiger partial charge in [0.1, 0.15) is 4.91 Å². The molecule has 2 aliphatic heterocycles. The molecular weight excluding hydrogens is 674 g/mol. The standard InChI is InChI=1S/C24H23IN2O7S3.Na.H/c25-15-22(28)26-16-10-11-18-19(14-16)35-23(27(18)12-5-13-36(30,31)32)9-4-3-8-21-24(29)17-6-1-2-7-20(17)37(21,33)34;;/h1-4,6-11,14,33-34H,5,12-13,15H2,(H,26,28)(H,30,31,32);;/q;+1;-1. The molecule has 0 fully saturated rings. The molecule has 2 aromatic rings. The van der Waals surface area contributed by atoms with Gasteiger partial charge in [-0.1, -0.05) is 58.6 Å². The van der Waals surface area contributed by atoms with Crippen LogP contribution in [-0.4, -0.2) is 50.5 Å². The molecule has 2 heterocycles. The molecule has 38 heavy (non-hydrogen) atoms. The van der Waals surface area contributed by atoms with Crippen molar-refractivity contribution in [3.05, 3.63) is 82.3 Å². The number of nitrogens with one attached hydrogen (secondary N) is 1. The summed E-state index contributed by atoms with van der Waals surface area (Å²) in [7, 11) is -7.49. The Kier molecular flexibility index (Phi) is 10.8. The Bertz CT molecular complexity index is 1470. The molecule has 0 aromatic heterocycles. The van der Waals surface area contributed by atoms with Crippen molar-refractivity contribution in [2.24, 2.45) is 0 Å². The fraction of sp³-hybridized carbons (Fsp3) is 0.167. The van der Waals surface area contributed by atoms with Crippen LogP contribution in [-0.2, 0) is 14.9 Å². The predicted octanol–water partition coefficient (Wildman–Crippen LogP) is 2.65. The van der Waals surface area contributed by atoms with Crippen molar-refractivity contribution in [1.29, 1.82) is 0 Å². The van der Waals surface area contributed by atoms with Crippen molar-refractivity contribution >= 4 is 78.1 Å². The molecule has 9 nitrogen and oxygen atoms in total. The zero-order valence-corrected chi connectivity index (χ0v) is 26.8. The summed E-state index contributed by atoms with van der Waals surface area (Å²) in [4.78, 5) is 27.3. The summed E-state index contributed by atoms with van der Waals surface area (Å²) in [6.45, 7) is 0.314. The van der Waals surface area contributed by atoms with Crippen LogP contribution >= 0.6 is 44.9 Å². The molecule has 0 atom stereocenters. The Hall–Kier alpha value is -1.14. The maximum absolute atomic E-state index is 12.7. The van der Waals surface area contributed by atoms with E-state index in [1.807, 2.05) is 39.6 Å². The minimum Gasteiger partial charge on any atom is -1.00 e. The Labute approximate surface area is 263 Å². The number of amides is 1. The second-order valence-corrected chi connectivity index (χ2v) is 13.4. The summed E-state index contributed by atoms with van der Waals surface area (Å²) < 4.78 is 53.0. The number of rotatable bonds is 8. The van der Waals surface area contributed by atoms with Crippen LogP contribution in [0.25, 0.3) is 0 Å². The molecule has 0 spiro atoms. The molecule has 2 aliphatic rings. The predicted molar refractivity (Wildman–Crippen MR) is 156 cm³/mol. The molecule has 198 valence electrons. The largest absolute Gasteiger partial charge is 1.00 e. The first kappa shape index (κ1) is 31.4. The number of hydrogen-bond acceptors (Lipinski definition) is 8. The first-order valence-electron chi connectivity index (χ1n) is 10.9. The topological polar surface area (TPSA) is 144 Å². The van der Waals surface area contributed by atoms with Crippen LogP contribution in [0.15, 0.2) is 86.5 Å². The van der Waals surface area contributed by atoms with Gasteiger partial charge in [0.2, 0.25) is 11.7 Å². The van der Waals surface area contributed by atoms with Gasteiger partial charge in [0, 0.05) is 22.7 Å². The summed E-state index contributed by atoms with van der Waals surface area (Å²) in [5.74, 6) is -0.943. The van der Waals surface area contributed by atoms with Crippen LogP contribution in [0.5, 0.6) is 0 Å². The third-order valence-corrected chi connectivity index (χ3v) is 10.0. The molecule has 0 bridgehead atoms. The van der Waals surface area contributed by atoms with Crippen LogP contribution < -0.4 is 39.8 Å². The maximum Gasteiger partial charge on any atom is 1.00 e. The Morgan fingerprint density at radius 3 is 2.55 bits per heavy atom. The molecule has 14 heteroatoms. The van der Waals surface area contributed by atoms with Gasteiger partial charge in [-0.3, -0.25) is 23.2 Å². The van der Waals surface area contributed by atoms with Gasteiger partial charge < -0.3 is 11.6 Å². The first-order valence-corrected chi connectivity index (χ1v) is 16.4. The van der Waals surface area contributed by atoms with Gasteiger partial charge in [-0.15, -0.1) is 10.6 Å². The number of thioether (sulfide) groups is 1. The second-order valence-electron chi connectivity index (χ2n) is 8.05. The Morgan fingerprint density at radius 2 is 1.87 bits per heavy atom. The van der Waals surface area contributed by atoms with Crippen LogP contribution in [0.4, 0.5) is 11.4 Å². The molecule has 0 saturated carbocycles. The summed E-state index contributed by atoms with van der Waals surface area (Å²) >= 11 is 3.39. The number of ketones is 1. The van der Waals surface area contributed by atoms with Crippen LogP contribution in [0.1, 0.15) is 18.2 Å². The number of halogens is 1.